The Morgan fingerprint density at radius 1 is 1.30 bits per heavy atom. The van der Waals surface area contributed by atoms with Crippen molar-refractivity contribution in [1.82, 2.24) is 0 Å². The van der Waals surface area contributed by atoms with Gasteiger partial charge in [-0.05, 0) is 25.5 Å². The molecule has 0 spiro atoms. The van der Waals surface area contributed by atoms with E-state index in [0.717, 1.165) is 12.1 Å². The van der Waals surface area contributed by atoms with Crippen molar-refractivity contribution < 1.29 is 27.4 Å². The topological polar surface area (TPSA) is 61.5 Å². The fourth-order valence-corrected chi connectivity index (χ4v) is 1.51. The van der Waals surface area contributed by atoms with E-state index in [1.807, 2.05) is 0 Å². The standard InChI is InChI=1S/C13H16F3NO3/c1-2-19-12(18)4-3-5-20-11-7-9(13(14,15)16)6-10(17)8-11/h6-8H,2-5,17H2,1H3. The van der Waals surface area contributed by atoms with Crippen LogP contribution in [-0.4, -0.2) is 19.2 Å². The molecule has 0 amide bonds. The first-order valence-electron chi connectivity index (χ1n) is 6.09. The molecule has 0 aliphatic heterocycles. The van der Waals surface area contributed by atoms with Gasteiger partial charge >= 0.3 is 12.1 Å². The lowest BCUT2D eigenvalue weighted by atomic mass is 10.2. The van der Waals surface area contributed by atoms with Gasteiger partial charge in [-0.1, -0.05) is 0 Å². The Balaban J connectivity index is 2.52. The number of hydrogen-bond acceptors (Lipinski definition) is 4. The Kier molecular flexibility index (Phi) is 5.66. The van der Waals surface area contributed by atoms with Crippen molar-refractivity contribution in [3.63, 3.8) is 0 Å². The van der Waals surface area contributed by atoms with Crippen molar-refractivity contribution in [2.45, 2.75) is 25.9 Å². The van der Waals surface area contributed by atoms with Gasteiger partial charge in [-0.15, -0.1) is 0 Å². The van der Waals surface area contributed by atoms with Crippen molar-refractivity contribution in [3.8, 4) is 5.75 Å². The first-order valence-corrected chi connectivity index (χ1v) is 6.09. The highest BCUT2D eigenvalue weighted by Gasteiger charge is 2.31. The molecular weight excluding hydrogens is 275 g/mol. The van der Waals surface area contributed by atoms with Gasteiger partial charge in [0.25, 0.3) is 0 Å². The molecular formula is C13H16F3NO3. The maximum absolute atomic E-state index is 12.6. The highest BCUT2D eigenvalue weighted by atomic mass is 19.4. The molecule has 2 N–H and O–H groups in total. The lowest BCUT2D eigenvalue weighted by Crippen LogP contribution is -2.08. The van der Waals surface area contributed by atoms with Crippen molar-refractivity contribution >= 4 is 11.7 Å². The molecule has 7 heteroatoms. The van der Waals surface area contributed by atoms with Crippen LogP contribution in [0, 0.1) is 0 Å². The molecule has 0 atom stereocenters. The van der Waals surface area contributed by atoms with Gasteiger partial charge in [0.15, 0.2) is 0 Å². The predicted molar refractivity (Wildman–Crippen MR) is 67.2 cm³/mol. The zero-order valence-electron chi connectivity index (χ0n) is 11.0. The summed E-state index contributed by atoms with van der Waals surface area (Å²) in [6.45, 7) is 2.10. The molecule has 0 aliphatic carbocycles. The second-order valence-corrected chi connectivity index (χ2v) is 4.05. The van der Waals surface area contributed by atoms with Crippen molar-refractivity contribution in [2.24, 2.45) is 0 Å². The fraction of sp³-hybridized carbons (Fsp3) is 0.462. The number of benzene rings is 1. The van der Waals surface area contributed by atoms with Gasteiger partial charge < -0.3 is 15.2 Å². The molecule has 0 heterocycles. The number of nitrogens with two attached hydrogens (primary N) is 1. The van der Waals surface area contributed by atoms with Crippen LogP contribution in [-0.2, 0) is 15.7 Å². The van der Waals surface area contributed by atoms with Gasteiger partial charge in [0.05, 0.1) is 18.8 Å². The number of rotatable bonds is 6. The fourth-order valence-electron chi connectivity index (χ4n) is 1.51. The molecule has 0 radical (unpaired) electrons. The molecule has 0 fully saturated rings. The summed E-state index contributed by atoms with van der Waals surface area (Å²) in [6, 6.07) is 3.02. The summed E-state index contributed by atoms with van der Waals surface area (Å²) in [5.41, 5.74) is 4.50. The summed E-state index contributed by atoms with van der Waals surface area (Å²) < 4.78 is 47.5. The molecule has 1 aromatic carbocycles. The molecule has 20 heavy (non-hydrogen) atoms. The number of anilines is 1. The van der Waals surface area contributed by atoms with E-state index in [0.29, 0.717) is 13.0 Å². The van der Waals surface area contributed by atoms with E-state index in [-0.39, 0.29) is 30.4 Å². The second kappa shape index (κ2) is 7.02. The summed E-state index contributed by atoms with van der Waals surface area (Å²) in [4.78, 5) is 11.0. The number of carbonyl (C=O) groups is 1. The lowest BCUT2D eigenvalue weighted by molar-refractivity contribution is -0.143. The number of nitrogen functional groups attached to an aromatic ring is 1. The molecule has 0 bridgehead atoms. The van der Waals surface area contributed by atoms with E-state index in [9.17, 15) is 18.0 Å². The predicted octanol–water partition coefficient (Wildman–Crippen LogP) is 3.01. The normalized spacial score (nSPS) is 11.2. The Hall–Kier alpha value is -1.92. The van der Waals surface area contributed by atoms with Crippen molar-refractivity contribution in [2.75, 3.05) is 18.9 Å². The molecule has 0 aliphatic rings. The minimum Gasteiger partial charge on any atom is -0.493 e. The largest absolute Gasteiger partial charge is 0.493 e. The Morgan fingerprint density at radius 2 is 2.00 bits per heavy atom. The number of carbonyl (C=O) groups excluding carboxylic acids is 1. The average Bonchev–Trinajstić information content (AvgIpc) is 2.33. The van der Waals surface area contributed by atoms with Gasteiger partial charge in [0, 0.05) is 18.2 Å². The molecule has 0 saturated carbocycles. The van der Waals surface area contributed by atoms with E-state index >= 15 is 0 Å². The monoisotopic (exact) mass is 291 g/mol. The summed E-state index contributed by atoms with van der Waals surface area (Å²) >= 11 is 0. The molecule has 1 rings (SSSR count). The molecule has 0 saturated heterocycles. The van der Waals surface area contributed by atoms with Gasteiger partial charge in [0.1, 0.15) is 5.75 Å². The lowest BCUT2D eigenvalue weighted by Gasteiger charge is -2.11. The van der Waals surface area contributed by atoms with Crippen LogP contribution < -0.4 is 10.5 Å². The van der Waals surface area contributed by atoms with Gasteiger partial charge in [-0.3, -0.25) is 4.79 Å². The maximum Gasteiger partial charge on any atom is 0.416 e. The van der Waals surface area contributed by atoms with E-state index < -0.39 is 11.7 Å². The summed E-state index contributed by atoms with van der Waals surface area (Å²) in [5.74, 6) is -0.333. The van der Waals surface area contributed by atoms with Crippen LogP contribution in [0.1, 0.15) is 25.3 Å². The summed E-state index contributed by atoms with van der Waals surface area (Å²) in [6.07, 6.45) is -3.96. The number of alkyl halides is 3. The van der Waals surface area contributed by atoms with Gasteiger partial charge in [-0.25, -0.2) is 0 Å². The van der Waals surface area contributed by atoms with Crippen LogP contribution in [0.15, 0.2) is 18.2 Å². The highest BCUT2D eigenvalue weighted by Crippen LogP contribution is 2.33. The summed E-state index contributed by atoms with van der Waals surface area (Å²) in [5, 5.41) is 0. The number of halogens is 3. The average molecular weight is 291 g/mol. The second-order valence-electron chi connectivity index (χ2n) is 4.05. The summed E-state index contributed by atoms with van der Waals surface area (Å²) in [7, 11) is 0. The van der Waals surface area contributed by atoms with Crippen LogP contribution in [0.25, 0.3) is 0 Å². The smallest absolute Gasteiger partial charge is 0.416 e. The first kappa shape index (κ1) is 16.1. The number of ether oxygens (including phenoxy) is 2. The van der Waals surface area contributed by atoms with E-state index in [1.54, 1.807) is 6.92 Å². The highest BCUT2D eigenvalue weighted by molar-refractivity contribution is 5.69. The van der Waals surface area contributed by atoms with Crippen LogP contribution >= 0.6 is 0 Å². The molecule has 112 valence electrons. The molecule has 0 aromatic heterocycles. The van der Waals surface area contributed by atoms with Crippen LogP contribution in [0.2, 0.25) is 0 Å². The Morgan fingerprint density at radius 3 is 2.60 bits per heavy atom. The first-order chi connectivity index (χ1) is 9.32. The van der Waals surface area contributed by atoms with Crippen LogP contribution in [0.3, 0.4) is 0 Å². The van der Waals surface area contributed by atoms with E-state index in [1.165, 1.54) is 6.07 Å². The SMILES string of the molecule is CCOC(=O)CCCOc1cc(N)cc(C(F)(F)F)c1. The zero-order valence-corrected chi connectivity index (χ0v) is 11.0. The van der Waals surface area contributed by atoms with E-state index in [4.69, 9.17) is 15.2 Å². The van der Waals surface area contributed by atoms with Crippen LogP contribution in [0.4, 0.5) is 18.9 Å². The molecule has 0 unspecified atom stereocenters. The minimum atomic E-state index is -4.47. The number of esters is 1. The quantitative estimate of drug-likeness (QED) is 0.497. The molecule has 4 nitrogen and oxygen atoms in total. The van der Waals surface area contributed by atoms with Gasteiger partial charge in [0.2, 0.25) is 0 Å². The third-order valence-corrected chi connectivity index (χ3v) is 2.36. The van der Waals surface area contributed by atoms with Crippen molar-refractivity contribution in [3.05, 3.63) is 23.8 Å². The third kappa shape index (κ3) is 5.38. The molecule has 1 aromatic rings. The Labute approximate surface area is 114 Å². The minimum absolute atomic E-state index is 0.0276. The third-order valence-electron chi connectivity index (χ3n) is 2.36. The Bertz CT molecular complexity index is 461. The van der Waals surface area contributed by atoms with Crippen LogP contribution in [0.5, 0.6) is 5.75 Å². The van der Waals surface area contributed by atoms with Gasteiger partial charge in [-0.2, -0.15) is 13.2 Å². The maximum atomic E-state index is 12.6. The number of hydrogen-bond donors (Lipinski definition) is 1. The van der Waals surface area contributed by atoms with E-state index in [2.05, 4.69) is 0 Å². The zero-order chi connectivity index (χ0) is 15.2. The van der Waals surface area contributed by atoms with Crippen molar-refractivity contribution in [1.29, 1.82) is 0 Å².